The van der Waals surface area contributed by atoms with Gasteiger partial charge in [0, 0.05) is 5.56 Å². The van der Waals surface area contributed by atoms with Crippen LogP contribution in [0, 0.1) is 5.82 Å². The predicted octanol–water partition coefficient (Wildman–Crippen LogP) is 4.91. The van der Waals surface area contributed by atoms with Crippen molar-refractivity contribution < 1.29 is 9.13 Å². The van der Waals surface area contributed by atoms with Crippen LogP contribution < -0.4 is 4.74 Å². The topological polar surface area (TPSA) is 9.23 Å². The van der Waals surface area contributed by atoms with Gasteiger partial charge in [-0.15, -0.1) is 11.6 Å². The van der Waals surface area contributed by atoms with Crippen molar-refractivity contribution >= 4 is 27.5 Å². The number of benzene rings is 2. The summed E-state index contributed by atoms with van der Waals surface area (Å²) in [6, 6.07) is 12.8. The van der Waals surface area contributed by atoms with Gasteiger partial charge in [0.15, 0.2) is 0 Å². The number of ether oxygens (including phenoxy) is 1. The van der Waals surface area contributed by atoms with Crippen LogP contribution in [-0.2, 0) is 12.5 Å². The molecule has 2 aromatic carbocycles. The molecule has 0 saturated heterocycles. The normalized spacial score (nSPS) is 10.4. The lowest BCUT2D eigenvalue weighted by atomic mass is 10.2. The Labute approximate surface area is 119 Å². The van der Waals surface area contributed by atoms with Crippen molar-refractivity contribution in [1.29, 1.82) is 0 Å². The molecule has 0 unspecified atom stereocenters. The van der Waals surface area contributed by atoms with Gasteiger partial charge in [0.25, 0.3) is 0 Å². The minimum absolute atomic E-state index is 0.217. The van der Waals surface area contributed by atoms with Crippen LogP contribution in [0.4, 0.5) is 4.39 Å². The molecule has 2 rings (SSSR count). The van der Waals surface area contributed by atoms with Crippen molar-refractivity contribution in [3.05, 3.63) is 63.9 Å². The van der Waals surface area contributed by atoms with E-state index < -0.39 is 0 Å². The first-order chi connectivity index (χ1) is 8.70. The van der Waals surface area contributed by atoms with Gasteiger partial charge < -0.3 is 4.74 Å². The Morgan fingerprint density at radius 1 is 1.17 bits per heavy atom. The molecule has 0 aliphatic rings. The molecule has 0 saturated carbocycles. The van der Waals surface area contributed by atoms with E-state index in [4.69, 9.17) is 16.3 Å². The lowest BCUT2D eigenvalue weighted by molar-refractivity contribution is 0.303. The lowest BCUT2D eigenvalue weighted by Gasteiger charge is -2.11. The van der Waals surface area contributed by atoms with Crippen LogP contribution in [0.15, 0.2) is 46.9 Å². The van der Waals surface area contributed by atoms with E-state index in [0.717, 1.165) is 5.56 Å². The highest BCUT2D eigenvalue weighted by Gasteiger charge is 2.09. The fraction of sp³-hybridized carbons (Fsp3) is 0.143. The van der Waals surface area contributed by atoms with Gasteiger partial charge in [0.1, 0.15) is 18.2 Å². The van der Waals surface area contributed by atoms with Gasteiger partial charge in [-0.2, -0.15) is 0 Å². The molecule has 94 valence electrons. The molecule has 0 heterocycles. The maximum absolute atomic E-state index is 13.3. The van der Waals surface area contributed by atoms with Crippen molar-refractivity contribution in [3.8, 4) is 5.75 Å². The molecule has 0 bridgehead atoms. The summed E-state index contributed by atoms with van der Waals surface area (Å²) in [6.07, 6.45) is 0. The summed E-state index contributed by atoms with van der Waals surface area (Å²) in [4.78, 5) is 0. The highest BCUT2D eigenvalue weighted by molar-refractivity contribution is 9.10. The quantitative estimate of drug-likeness (QED) is 0.725. The summed E-state index contributed by atoms with van der Waals surface area (Å²) in [5.74, 6) is 0.480. The number of hydrogen-bond acceptors (Lipinski definition) is 1. The standard InChI is InChI=1S/C14H11BrClFO/c15-12-7-14(11(8-16)6-13(12)17)18-9-10-4-2-1-3-5-10/h1-7H,8-9H2. The minimum atomic E-state index is -0.335. The molecular formula is C14H11BrClFO. The zero-order valence-electron chi connectivity index (χ0n) is 9.50. The number of alkyl halides is 1. The summed E-state index contributed by atoms with van der Waals surface area (Å²) < 4.78 is 19.4. The second-order valence-corrected chi connectivity index (χ2v) is 4.90. The molecule has 2 aromatic rings. The SMILES string of the molecule is Fc1cc(CCl)c(OCc2ccccc2)cc1Br. The first-order valence-corrected chi connectivity index (χ1v) is 6.74. The molecule has 0 radical (unpaired) electrons. The van der Waals surface area contributed by atoms with Crippen molar-refractivity contribution in [2.45, 2.75) is 12.5 Å². The van der Waals surface area contributed by atoms with Gasteiger partial charge in [-0.1, -0.05) is 30.3 Å². The lowest BCUT2D eigenvalue weighted by Crippen LogP contribution is -1.98. The molecule has 0 fully saturated rings. The molecule has 0 amide bonds. The molecule has 18 heavy (non-hydrogen) atoms. The number of hydrogen-bond donors (Lipinski definition) is 0. The molecular weight excluding hydrogens is 319 g/mol. The van der Waals surface area contributed by atoms with Crippen molar-refractivity contribution in [2.24, 2.45) is 0 Å². The second kappa shape index (κ2) is 6.21. The fourth-order valence-electron chi connectivity index (χ4n) is 1.54. The Hall–Kier alpha value is -1.06. The molecule has 4 heteroatoms. The van der Waals surface area contributed by atoms with E-state index in [2.05, 4.69) is 15.9 Å². The van der Waals surface area contributed by atoms with E-state index in [1.165, 1.54) is 6.07 Å². The van der Waals surface area contributed by atoms with E-state index in [1.54, 1.807) is 6.07 Å². The smallest absolute Gasteiger partial charge is 0.137 e. The fourth-order valence-corrected chi connectivity index (χ4v) is 2.08. The Balaban J connectivity index is 2.16. The summed E-state index contributed by atoms with van der Waals surface area (Å²) in [5.41, 5.74) is 1.70. The van der Waals surface area contributed by atoms with E-state index in [-0.39, 0.29) is 11.7 Å². The van der Waals surface area contributed by atoms with Crippen LogP contribution in [0.25, 0.3) is 0 Å². The Morgan fingerprint density at radius 2 is 1.89 bits per heavy atom. The largest absolute Gasteiger partial charge is 0.489 e. The molecule has 0 aliphatic heterocycles. The average Bonchev–Trinajstić information content (AvgIpc) is 2.41. The van der Waals surface area contributed by atoms with Gasteiger partial charge in [-0.3, -0.25) is 0 Å². The van der Waals surface area contributed by atoms with Crippen LogP contribution in [0.1, 0.15) is 11.1 Å². The van der Waals surface area contributed by atoms with Gasteiger partial charge in [0.2, 0.25) is 0 Å². The average molecular weight is 330 g/mol. The van der Waals surface area contributed by atoms with E-state index >= 15 is 0 Å². The summed E-state index contributed by atoms with van der Waals surface area (Å²) in [6.45, 7) is 0.433. The molecule has 0 atom stereocenters. The van der Waals surface area contributed by atoms with Crippen molar-refractivity contribution in [2.75, 3.05) is 0 Å². The summed E-state index contributed by atoms with van der Waals surface area (Å²) >= 11 is 8.91. The van der Waals surface area contributed by atoms with Gasteiger partial charge in [-0.05, 0) is 33.6 Å². The van der Waals surface area contributed by atoms with E-state index in [1.807, 2.05) is 30.3 Å². The molecule has 0 spiro atoms. The summed E-state index contributed by atoms with van der Waals surface area (Å²) in [7, 11) is 0. The van der Waals surface area contributed by atoms with Gasteiger partial charge in [0.05, 0.1) is 10.4 Å². The van der Waals surface area contributed by atoms with Gasteiger partial charge in [-0.25, -0.2) is 4.39 Å². The maximum atomic E-state index is 13.3. The first-order valence-electron chi connectivity index (χ1n) is 5.41. The highest BCUT2D eigenvalue weighted by atomic mass is 79.9. The molecule has 1 nitrogen and oxygen atoms in total. The summed E-state index contributed by atoms with van der Waals surface area (Å²) in [5, 5.41) is 0. The van der Waals surface area contributed by atoms with E-state index in [0.29, 0.717) is 22.4 Å². The third-order valence-corrected chi connectivity index (χ3v) is 3.38. The second-order valence-electron chi connectivity index (χ2n) is 3.78. The first kappa shape index (κ1) is 13.4. The van der Waals surface area contributed by atoms with Crippen molar-refractivity contribution in [1.82, 2.24) is 0 Å². The highest BCUT2D eigenvalue weighted by Crippen LogP contribution is 2.28. The predicted molar refractivity (Wildman–Crippen MR) is 74.4 cm³/mol. The maximum Gasteiger partial charge on any atom is 0.137 e. The monoisotopic (exact) mass is 328 g/mol. The molecule has 0 aromatic heterocycles. The third kappa shape index (κ3) is 3.24. The molecule has 0 aliphatic carbocycles. The van der Waals surface area contributed by atoms with Gasteiger partial charge >= 0.3 is 0 Å². The Morgan fingerprint density at radius 3 is 2.56 bits per heavy atom. The van der Waals surface area contributed by atoms with Crippen LogP contribution in [-0.4, -0.2) is 0 Å². The minimum Gasteiger partial charge on any atom is -0.489 e. The third-order valence-electron chi connectivity index (χ3n) is 2.48. The number of rotatable bonds is 4. The van der Waals surface area contributed by atoms with Crippen LogP contribution in [0.3, 0.4) is 0 Å². The van der Waals surface area contributed by atoms with Crippen LogP contribution >= 0.6 is 27.5 Å². The van der Waals surface area contributed by atoms with Crippen LogP contribution in [0.2, 0.25) is 0 Å². The number of halogens is 3. The zero-order chi connectivity index (χ0) is 13.0. The Kier molecular flexibility index (Phi) is 4.61. The van der Waals surface area contributed by atoms with Crippen LogP contribution in [0.5, 0.6) is 5.75 Å². The Bertz CT molecular complexity index is 531. The van der Waals surface area contributed by atoms with E-state index in [9.17, 15) is 4.39 Å². The molecule has 0 N–H and O–H groups in total. The van der Waals surface area contributed by atoms with Crippen molar-refractivity contribution in [3.63, 3.8) is 0 Å². The zero-order valence-corrected chi connectivity index (χ0v) is 11.8.